The zero-order valence-corrected chi connectivity index (χ0v) is 20.2. The molecule has 0 spiro atoms. The number of amides is 2. The molecule has 11 heteroatoms. The molecule has 2 N–H and O–H groups in total. The standard InChI is InChI=1S/C26H26FN7O3/c1-37-22-5-3-2-4-21(22)33-15-18(12-23(33)35)26(36)28-10-11-34-25-20(14-32-34)24(30-16-31-25)29-13-17-6-8-19(27)9-7-17/h2-9,14,16,18H,10-13,15H2,1H3,(H,28,36)(H,29,30,31). The molecule has 0 saturated carbocycles. The van der Waals surface area contributed by atoms with Gasteiger partial charge in [-0.15, -0.1) is 0 Å². The fourth-order valence-corrected chi connectivity index (χ4v) is 4.38. The highest BCUT2D eigenvalue weighted by molar-refractivity contribution is 6.01. The fourth-order valence-electron chi connectivity index (χ4n) is 4.38. The van der Waals surface area contributed by atoms with E-state index in [1.807, 2.05) is 18.2 Å². The Kier molecular flexibility index (Phi) is 6.93. The number of fused-ring (bicyclic) bond motifs is 1. The molecule has 2 amide bonds. The lowest BCUT2D eigenvalue weighted by Crippen LogP contribution is -2.35. The Balaban J connectivity index is 1.17. The SMILES string of the molecule is COc1ccccc1N1CC(C(=O)NCCn2ncc3c(NCc4ccc(F)cc4)ncnc32)CC1=O. The van der Waals surface area contributed by atoms with E-state index < -0.39 is 5.92 Å². The Bertz CT molecular complexity index is 1420. The molecule has 1 aliphatic rings. The van der Waals surface area contributed by atoms with Crippen LogP contribution in [0.1, 0.15) is 12.0 Å². The van der Waals surface area contributed by atoms with Crippen molar-refractivity contribution in [2.24, 2.45) is 5.92 Å². The van der Waals surface area contributed by atoms with E-state index in [-0.39, 0.29) is 24.1 Å². The minimum atomic E-state index is -0.448. The first-order chi connectivity index (χ1) is 18.0. The quantitative estimate of drug-likeness (QED) is 0.361. The van der Waals surface area contributed by atoms with Crippen molar-refractivity contribution in [2.45, 2.75) is 19.5 Å². The number of carbonyl (C=O) groups excluding carboxylic acids is 2. The van der Waals surface area contributed by atoms with Gasteiger partial charge in [0.05, 0.1) is 36.8 Å². The summed E-state index contributed by atoms with van der Waals surface area (Å²) in [5.41, 5.74) is 2.21. The van der Waals surface area contributed by atoms with Crippen LogP contribution in [0.5, 0.6) is 5.75 Å². The number of ether oxygens (including phenoxy) is 1. The van der Waals surface area contributed by atoms with Crippen LogP contribution in [0, 0.1) is 11.7 Å². The molecule has 0 bridgehead atoms. The van der Waals surface area contributed by atoms with E-state index in [9.17, 15) is 14.0 Å². The van der Waals surface area contributed by atoms with Crippen LogP contribution in [0.3, 0.4) is 0 Å². The molecule has 4 aromatic rings. The summed E-state index contributed by atoms with van der Waals surface area (Å²) in [6.07, 6.45) is 3.26. The van der Waals surface area contributed by atoms with E-state index in [4.69, 9.17) is 4.74 Å². The number of rotatable bonds is 9. The summed E-state index contributed by atoms with van der Waals surface area (Å²) in [4.78, 5) is 35.6. The summed E-state index contributed by atoms with van der Waals surface area (Å²) in [6.45, 7) is 1.50. The summed E-state index contributed by atoms with van der Waals surface area (Å²) in [6, 6.07) is 13.5. The molecule has 3 heterocycles. The molecule has 1 aliphatic heterocycles. The molecule has 1 unspecified atom stereocenters. The van der Waals surface area contributed by atoms with Crippen LogP contribution in [-0.4, -0.2) is 51.8 Å². The van der Waals surface area contributed by atoms with Crippen molar-refractivity contribution >= 4 is 34.4 Å². The second-order valence-electron chi connectivity index (χ2n) is 8.68. The maximum atomic E-state index is 13.1. The number of benzene rings is 2. The van der Waals surface area contributed by atoms with Gasteiger partial charge >= 0.3 is 0 Å². The van der Waals surface area contributed by atoms with Gasteiger partial charge in [-0.1, -0.05) is 24.3 Å². The molecular formula is C26H26FN7O3. The van der Waals surface area contributed by atoms with Crippen molar-refractivity contribution < 1.29 is 18.7 Å². The number of methoxy groups -OCH3 is 1. The van der Waals surface area contributed by atoms with Crippen LogP contribution in [0.25, 0.3) is 11.0 Å². The molecule has 2 aromatic heterocycles. The number of nitrogens with zero attached hydrogens (tertiary/aromatic N) is 5. The monoisotopic (exact) mass is 503 g/mol. The number of carbonyl (C=O) groups is 2. The third-order valence-corrected chi connectivity index (χ3v) is 6.30. The van der Waals surface area contributed by atoms with Crippen molar-refractivity contribution in [2.75, 3.05) is 30.4 Å². The van der Waals surface area contributed by atoms with Crippen LogP contribution < -0.4 is 20.3 Å². The summed E-state index contributed by atoms with van der Waals surface area (Å²) < 4.78 is 20.2. The van der Waals surface area contributed by atoms with E-state index in [2.05, 4.69) is 25.7 Å². The van der Waals surface area contributed by atoms with Crippen LogP contribution in [0.15, 0.2) is 61.1 Å². The molecule has 37 heavy (non-hydrogen) atoms. The number of anilines is 2. The van der Waals surface area contributed by atoms with Gasteiger partial charge in [0.2, 0.25) is 11.8 Å². The van der Waals surface area contributed by atoms with Gasteiger partial charge in [-0.05, 0) is 29.8 Å². The molecule has 2 aromatic carbocycles. The summed E-state index contributed by atoms with van der Waals surface area (Å²) in [7, 11) is 1.55. The van der Waals surface area contributed by atoms with E-state index in [1.54, 1.807) is 41.1 Å². The normalized spacial score (nSPS) is 15.2. The summed E-state index contributed by atoms with van der Waals surface area (Å²) >= 11 is 0. The molecule has 0 aliphatic carbocycles. The average molecular weight is 504 g/mol. The van der Waals surface area contributed by atoms with Crippen molar-refractivity contribution in [1.82, 2.24) is 25.1 Å². The third-order valence-electron chi connectivity index (χ3n) is 6.30. The summed E-state index contributed by atoms with van der Waals surface area (Å²) in [5.74, 6) is 0.186. The minimum absolute atomic E-state index is 0.111. The number of para-hydroxylation sites is 2. The van der Waals surface area contributed by atoms with Crippen molar-refractivity contribution in [3.05, 3.63) is 72.4 Å². The molecular weight excluding hydrogens is 477 g/mol. The first kappa shape index (κ1) is 24.2. The molecule has 10 nitrogen and oxygen atoms in total. The van der Waals surface area contributed by atoms with Gasteiger partial charge in [0.15, 0.2) is 5.65 Å². The van der Waals surface area contributed by atoms with Gasteiger partial charge in [0.1, 0.15) is 23.7 Å². The van der Waals surface area contributed by atoms with Crippen molar-refractivity contribution in [1.29, 1.82) is 0 Å². The van der Waals surface area contributed by atoms with E-state index in [0.29, 0.717) is 49.1 Å². The zero-order valence-electron chi connectivity index (χ0n) is 20.2. The topological polar surface area (TPSA) is 114 Å². The maximum Gasteiger partial charge on any atom is 0.227 e. The van der Waals surface area contributed by atoms with E-state index >= 15 is 0 Å². The second kappa shape index (κ2) is 10.6. The van der Waals surface area contributed by atoms with Gasteiger partial charge < -0.3 is 20.3 Å². The van der Waals surface area contributed by atoms with Crippen molar-refractivity contribution in [3.8, 4) is 5.75 Å². The number of nitrogens with one attached hydrogen (secondary N) is 2. The molecule has 1 fully saturated rings. The Morgan fingerprint density at radius 3 is 2.78 bits per heavy atom. The van der Waals surface area contributed by atoms with Crippen LogP contribution in [0.2, 0.25) is 0 Å². The smallest absolute Gasteiger partial charge is 0.227 e. The lowest BCUT2D eigenvalue weighted by molar-refractivity contribution is -0.126. The molecule has 190 valence electrons. The molecule has 1 atom stereocenters. The molecule has 0 radical (unpaired) electrons. The average Bonchev–Trinajstić information content (AvgIpc) is 3.52. The predicted octanol–water partition coefficient (Wildman–Crippen LogP) is 2.76. The van der Waals surface area contributed by atoms with Gasteiger partial charge in [0.25, 0.3) is 0 Å². The van der Waals surface area contributed by atoms with E-state index in [0.717, 1.165) is 10.9 Å². The number of halogens is 1. The second-order valence-corrected chi connectivity index (χ2v) is 8.68. The fraction of sp³-hybridized carbons (Fsp3) is 0.269. The number of hydrogen-bond donors (Lipinski definition) is 2. The van der Waals surface area contributed by atoms with Gasteiger partial charge in [-0.3, -0.25) is 9.59 Å². The van der Waals surface area contributed by atoms with Gasteiger partial charge in [-0.2, -0.15) is 5.10 Å². The van der Waals surface area contributed by atoms with Crippen LogP contribution in [0.4, 0.5) is 15.9 Å². The van der Waals surface area contributed by atoms with Crippen LogP contribution in [-0.2, 0) is 22.7 Å². The number of hydrogen-bond acceptors (Lipinski definition) is 7. The zero-order chi connectivity index (χ0) is 25.8. The molecule has 1 saturated heterocycles. The summed E-state index contributed by atoms with van der Waals surface area (Å²) in [5, 5.41) is 11.3. The maximum absolute atomic E-state index is 13.1. The number of aromatic nitrogens is 4. The molecule has 5 rings (SSSR count). The third kappa shape index (κ3) is 5.20. The Morgan fingerprint density at radius 1 is 1.16 bits per heavy atom. The highest BCUT2D eigenvalue weighted by atomic mass is 19.1. The highest BCUT2D eigenvalue weighted by Gasteiger charge is 2.36. The van der Waals surface area contributed by atoms with Gasteiger partial charge in [0, 0.05) is 26.1 Å². The minimum Gasteiger partial charge on any atom is -0.495 e. The van der Waals surface area contributed by atoms with E-state index in [1.165, 1.54) is 18.5 Å². The first-order valence-corrected chi connectivity index (χ1v) is 11.9. The first-order valence-electron chi connectivity index (χ1n) is 11.9. The largest absolute Gasteiger partial charge is 0.495 e. The lowest BCUT2D eigenvalue weighted by atomic mass is 10.1. The van der Waals surface area contributed by atoms with Gasteiger partial charge in [-0.25, -0.2) is 19.0 Å². The lowest BCUT2D eigenvalue weighted by Gasteiger charge is -2.19. The Morgan fingerprint density at radius 2 is 1.97 bits per heavy atom. The predicted molar refractivity (Wildman–Crippen MR) is 136 cm³/mol. The Hall–Kier alpha value is -4.54. The van der Waals surface area contributed by atoms with Crippen molar-refractivity contribution in [3.63, 3.8) is 0 Å². The Labute approximate surface area is 212 Å². The van der Waals surface area contributed by atoms with Crippen LogP contribution >= 0.6 is 0 Å². The highest BCUT2D eigenvalue weighted by Crippen LogP contribution is 2.32.